The zero-order valence-corrected chi connectivity index (χ0v) is 14.4. The van der Waals surface area contributed by atoms with Crippen molar-refractivity contribution in [2.75, 3.05) is 19.0 Å². The quantitative estimate of drug-likeness (QED) is 0.741. The number of anilines is 1. The van der Waals surface area contributed by atoms with Crippen LogP contribution in [0.4, 0.5) is 5.69 Å². The van der Waals surface area contributed by atoms with E-state index in [0.29, 0.717) is 10.9 Å². The summed E-state index contributed by atoms with van der Waals surface area (Å²) in [4.78, 5) is 18.1. The number of aromatic nitrogens is 1. The fourth-order valence-corrected chi connectivity index (χ4v) is 2.95. The van der Waals surface area contributed by atoms with Crippen LogP contribution in [-0.2, 0) is 0 Å². The van der Waals surface area contributed by atoms with E-state index < -0.39 is 0 Å². The third kappa shape index (κ3) is 2.44. The van der Waals surface area contributed by atoms with Crippen LogP contribution in [0.3, 0.4) is 0 Å². The minimum Gasteiger partial charge on any atom is -0.378 e. The molecule has 3 rings (SSSR count). The van der Waals surface area contributed by atoms with Crippen LogP contribution in [0.15, 0.2) is 51.9 Å². The van der Waals surface area contributed by atoms with Crippen LogP contribution in [0.25, 0.3) is 22.0 Å². The SMILES string of the molecule is Cc1c(Br)cccc1-c1c[nH]c2cc(N(C)C)ccc2c1=O. The molecule has 0 radical (unpaired) electrons. The van der Waals surface area contributed by atoms with Gasteiger partial charge in [-0.25, -0.2) is 0 Å². The molecular weight excluding hydrogens is 340 g/mol. The third-order valence-corrected chi connectivity index (χ3v) is 4.80. The van der Waals surface area contributed by atoms with Gasteiger partial charge in [0.25, 0.3) is 0 Å². The van der Waals surface area contributed by atoms with Crippen molar-refractivity contribution >= 4 is 32.5 Å². The Bertz CT molecular complexity index is 913. The highest BCUT2D eigenvalue weighted by molar-refractivity contribution is 9.10. The average molecular weight is 357 g/mol. The number of nitrogens with one attached hydrogen (secondary N) is 1. The topological polar surface area (TPSA) is 36.1 Å². The summed E-state index contributed by atoms with van der Waals surface area (Å²) in [6.07, 6.45) is 1.80. The molecule has 22 heavy (non-hydrogen) atoms. The van der Waals surface area contributed by atoms with E-state index in [2.05, 4.69) is 20.9 Å². The number of halogens is 1. The molecule has 4 heteroatoms. The molecule has 2 aromatic carbocycles. The summed E-state index contributed by atoms with van der Waals surface area (Å²) in [6, 6.07) is 11.8. The molecule has 112 valence electrons. The summed E-state index contributed by atoms with van der Waals surface area (Å²) in [5.41, 5.74) is 4.69. The van der Waals surface area contributed by atoms with Crippen LogP contribution in [0.2, 0.25) is 0 Å². The Balaban J connectivity index is 2.25. The molecule has 0 saturated heterocycles. The average Bonchev–Trinajstić information content (AvgIpc) is 2.50. The highest BCUT2D eigenvalue weighted by Gasteiger charge is 2.11. The van der Waals surface area contributed by atoms with Crippen molar-refractivity contribution in [2.45, 2.75) is 6.92 Å². The van der Waals surface area contributed by atoms with Crippen molar-refractivity contribution < 1.29 is 0 Å². The molecular formula is C18H17BrN2O. The number of nitrogens with zero attached hydrogens (tertiary/aromatic N) is 1. The smallest absolute Gasteiger partial charge is 0.197 e. The molecule has 1 aromatic heterocycles. The van der Waals surface area contributed by atoms with Crippen molar-refractivity contribution in [1.82, 2.24) is 4.98 Å². The molecule has 1 heterocycles. The Kier molecular flexibility index (Phi) is 3.79. The second-order valence-corrected chi connectivity index (χ2v) is 6.42. The van der Waals surface area contributed by atoms with Gasteiger partial charge in [0.2, 0.25) is 0 Å². The number of benzene rings is 2. The third-order valence-electron chi connectivity index (χ3n) is 3.94. The van der Waals surface area contributed by atoms with Gasteiger partial charge in [-0.2, -0.15) is 0 Å². The summed E-state index contributed by atoms with van der Waals surface area (Å²) >= 11 is 3.53. The van der Waals surface area contributed by atoms with Gasteiger partial charge in [-0.3, -0.25) is 4.79 Å². The first kappa shape index (κ1) is 14.9. The summed E-state index contributed by atoms with van der Waals surface area (Å²) < 4.78 is 1.01. The van der Waals surface area contributed by atoms with Crippen molar-refractivity contribution in [3.05, 3.63) is 62.9 Å². The van der Waals surface area contributed by atoms with Crippen LogP contribution in [0, 0.1) is 6.92 Å². The van der Waals surface area contributed by atoms with Gasteiger partial charge in [-0.15, -0.1) is 0 Å². The molecule has 0 amide bonds. The second kappa shape index (κ2) is 5.61. The Morgan fingerprint density at radius 2 is 1.86 bits per heavy atom. The number of hydrogen-bond acceptors (Lipinski definition) is 2. The van der Waals surface area contributed by atoms with E-state index in [4.69, 9.17) is 0 Å². The van der Waals surface area contributed by atoms with Crippen LogP contribution >= 0.6 is 15.9 Å². The van der Waals surface area contributed by atoms with Crippen molar-refractivity contribution in [1.29, 1.82) is 0 Å². The van der Waals surface area contributed by atoms with Crippen molar-refractivity contribution in [3.8, 4) is 11.1 Å². The lowest BCUT2D eigenvalue weighted by molar-refractivity contribution is 1.13. The van der Waals surface area contributed by atoms with Gasteiger partial charge in [-0.05, 0) is 42.3 Å². The van der Waals surface area contributed by atoms with Gasteiger partial charge < -0.3 is 9.88 Å². The number of fused-ring (bicyclic) bond motifs is 1. The fourth-order valence-electron chi connectivity index (χ4n) is 2.59. The first-order valence-electron chi connectivity index (χ1n) is 7.07. The Morgan fingerprint density at radius 3 is 2.59 bits per heavy atom. The van der Waals surface area contributed by atoms with Gasteiger partial charge in [0.1, 0.15) is 0 Å². The number of pyridine rings is 1. The monoisotopic (exact) mass is 356 g/mol. The molecule has 1 N–H and O–H groups in total. The van der Waals surface area contributed by atoms with E-state index in [-0.39, 0.29) is 5.43 Å². The highest BCUT2D eigenvalue weighted by atomic mass is 79.9. The molecule has 0 fully saturated rings. The number of hydrogen-bond donors (Lipinski definition) is 1. The first-order valence-corrected chi connectivity index (χ1v) is 7.86. The minimum absolute atomic E-state index is 0.0558. The predicted molar refractivity (Wildman–Crippen MR) is 96.8 cm³/mol. The number of aromatic amines is 1. The first-order chi connectivity index (χ1) is 10.5. The van der Waals surface area contributed by atoms with Crippen molar-refractivity contribution in [2.24, 2.45) is 0 Å². The number of rotatable bonds is 2. The van der Waals surface area contributed by atoms with Gasteiger partial charge in [0, 0.05) is 41.4 Å². The van der Waals surface area contributed by atoms with E-state index in [1.807, 2.05) is 62.3 Å². The maximum Gasteiger partial charge on any atom is 0.197 e. The van der Waals surface area contributed by atoms with Crippen LogP contribution < -0.4 is 10.3 Å². The zero-order valence-electron chi connectivity index (χ0n) is 12.8. The summed E-state index contributed by atoms with van der Waals surface area (Å²) in [5, 5.41) is 0.711. The maximum atomic E-state index is 12.8. The predicted octanol–water partition coefficient (Wildman–Crippen LogP) is 4.33. The molecule has 0 saturated carbocycles. The lowest BCUT2D eigenvalue weighted by Crippen LogP contribution is -2.11. The normalized spacial score (nSPS) is 10.9. The lowest BCUT2D eigenvalue weighted by atomic mass is 10.00. The Morgan fingerprint density at radius 1 is 1.09 bits per heavy atom. The van der Waals surface area contributed by atoms with E-state index in [1.54, 1.807) is 6.20 Å². The van der Waals surface area contributed by atoms with Gasteiger partial charge >= 0.3 is 0 Å². The Labute approximate surface area is 137 Å². The lowest BCUT2D eigenvalue weighted by Gasteiger charge is -2.13. The van der Waals surface area contributed by atoms with Crippen LogP contribution in [0.1, 0.15) is 5.56 Å². The summed E-state index contributed by atoms with van der Waals surface area (Å²) in [6.45, 7) is 2.01. The molecule has 0 aliphatic carbocycles. The Hall–Kier alpha value is -2.07. The highest BCUT2D eigenvalue weighted by Crippen LogP contribution is 2.27. The standard InChI is InChI=1S/C18H17BrN2O/c1-11-13(5-4-6-16(11)19)15-10-20-17-9-12(21(2)3)7-8-14(17)18(15)22/h4-10H,1-3H3,(H,20,22). The minimum atomic E-state index is 0.0558. The fraction of sp³-hybridized carbons (Fsp3) is 0.167. The van der Waals surface area contributed by atoms with Crippen LogP contribution in [0.5, 0.6) is 0 Å². The summed E-state index contributed by atoms with van der Waals surface area (Å²) in [7, 11) is 3.97. The molecule has 0 atom stereocenters. The molecule has 0 spiro atoms. The summed E-state index contributed by atoms with van der Waals surface area (Å²) in [5.74, 6) is 0. The van der Waals surface area contributed by atoms with Gasteiger partial charge in [0.15, 0.2) is 5.43 Å². The van der Waals surface area contributed by atoms with Gasteiger partial charge in [0.05, 0.1) is 5.52 Å². The zero-order chi connectivity index (χ0) is 15.9. The van der Waals surface area contributed by atoms with Crippen molar-refractivity contribution in [3.63, 3.8) is 0 Å². The van der Waals surface area contributed by atoms with Gasteiger partial charge in [-0.1, -0.05) is 28.1 Å². The number of H-pyrrole nitrogens is 1. The molecule has 0 aliphatic heterocycles. The van der Waals surface area contributed by atoms with E-state index >= 15 is 0 Å². The maximum absolute atomic E-state index is 12.8. The van der Waals surface area contributed by atoms with E-state index in [1.165, 1.54) is 0 Å². The molecule has 0 unspecified atom stereocenters. The van der Waals surface area contributed by atoms with Crippen LogP contribution in [-0.4, -0.2) is 19.1 Å². The van der Waals surface area contributed by atoms with E-state index in [0.717, 1.165) is 26.8 Å². The molecule has 0 aliphatic rings. The molecule has 0 bridgehead atoms. The molecule has 3 nitrogen and oxygen atoms in total. The van der Waals surface area contributed by atoms with E-state index in [9.17, 15) is 4.79 Å². The second-order valence-electron chi connectivity index (χ2n) is 5.57. The molecule has 3 aromatic rings. The largest absolute Gasteiger partial charge is 0.378 e.